The molecule has 0 radical (unpaired) electrons. The minimum atomic E-state index is -0.926. The zero-order chi connectivity index (χ0) is 13.2. The summed E-state index contributed by atoms with van der Waals surface area (Å²) in [5, 5.41) is 3.56. The summed E-state index contributed by atoms with van der Waals surface area (Å²) in [6.45, 7) is 3.30. The first-order valence-corrected chi connectivity index (χ1v) is 5.97. The summed E-state index contributed by atoms with van der Waals surface area (Å²) in [6, 6.07) is 4.78. The molecule has 1 amide bonds. The summed E-state index contributed by atoms with van der Waals surface area (Å²) in [5.41, 5.74) is 5.09. The predicted octanol–water partition coefficient (Wildman–Crippen LogP) is 3.24. The second-order valence-electron chi connectivity index (χ2n) is 4.10. The number of amides is 1. The van der Waals surface area contributed by atoms with Gasteiger partial charge >= 0.3 is 0 Å². The lowest BCUT2D eigenvalue weighted by atomic mass is 9.92. The molecule has 0 aliphatic carbocycles. The third kappa shape index (κ3) is 3.56. The van der Waals surface area contributed by atoms with Crippen molar-refractivity contribution in [3.8, 4) is 0 Å². The van der Waals surface area contributed by atoms with E-state index >= 15 is 0 Å². The quantitative estimate of drug-likeness (QED) is 0.841. The van der Waals surface area contributed by atoms with Gasteiger partial charge in [0.1, 0.15) is 0 Å². The van der Waals surface area contributed by atoms with Crippen LogP contribution in [0.1, 0.15) is 13.8 Å². The van der Waals surface area contributed by atoms with Crippen molar-refractivity contribution < 1.29 is 4.79 Å². The predicted molar refractivity (Wildman–Crippen MR) is 75.7 cm³/mol. The van der Waals surface area contributed by atoms with Gasteiger partial charge in [0.25, 0.3) is 0 Å². The molecule has 0 aromatic heterocycles. The van der Waals surface area contributed by atoms with Gasteiger partial charge in [-0.1, -0.05) is 35.4 Å². The van der Waals surface area contributed by atoms with Crippen molar-refractivity contribution in [2.75, 3.05) is 5.32 Å². The number of halogens is 2. The van der Waals surface area contributed by atoms with Crippen molar-refractivity contribution in [2.45, 2.75) is 13.8 Å². The van der Waals surface area contributed by atoms with Crippen LogP contribution in [0.5, 0.6) is 0 Å². The Kier molecular flexibility index (Phi) is 4.36. The molecule has 17 heavy (non-hydrogen) atoms. The molecular weight excluding hydrogens is 279 g/mol. The zero-order valence-electron chi connectivity index (χ0n) is 9.38. The lowest BCUT2D eigenvalue weighted by Gasteiger charge is -2.22. The van der Waals surface area contributed by atoms with Crippen molar-refractivity contribution >= 4 is 52.0 Å². The number of benzene rings is 1. The van der Waals surface area contributed by atoms with E-state index in [0.717, 1.165) is 0 Å². The number of rotatable bonds is 3. The summed E-state index contributed by atoms with van der Waals surface area (Å²) in [6.07, 6.45) is 0. The van der Waals surface area contributed by atoms with E-state index in [4.69, 9.17) is 41.2 Å². The molecule has 0 unspecified atom stereocenters. The Morgan fingerprint density at radius 1 is 1.29 bits per heavy atom. The minimum absolute atomic E-state index is 0.128. The van der Waals surface area contributed by atoms with Gasteiger partial charge in [0.15, 0.2) is 0 Å². The molecule has 1 rings (SSSR count). The van der Waals surface area contributed by atoms with Crippen molar-refractivity contribution in [1.82, 2.24) is 0 Å². The number of carbonyl (C=O) groups excluding carboxylic acids is 1. The van der Waals surface area contributed by atoms with Gasteiger partial charge in [-0.3, -0.25) is 4.79 Å². The molecule has 0 saturated heterocycles. The van der Waals surface area contributed by atoms with E-state index in [1.54, 1.807) is 32.0 Å². The fourth-order valence-corrected chi connectivity index (χ4v) is 1.64. The minimum Gasteiger partial charge on any atom is -0.392 e. The van der Waals surface area contributed by atoms with Crippen LogP contribution in [0.3, 0.4) is 0 Å². The number of hydrogen-bond acceptors (Lipinski definition) is 2. The number of nitrogens with two attached hydrogens (primary N) is 1. The van der Waals surface area contributed by atoms with Gasteiger partial charge < -0.3 is 11.1 Å². The van der Waals surface area contributed by atoms with Crippen LogP contribution in [0, 0.1) is 5.41 Å². The number of anilines is 1. The van der Waals surface area contributed by atoms with Gasteiger partial charge in [0.05, 0.1) is 10.4 Å². The van der Waals surface area contributed by atoms with Gasteiger partial charge in [-0.05, 0) is 32.0 Å². The third-order valence-electron chi connectivity index (χ3n) is 2.30. The smallest absolute Gasteiger partial charge is 0.236 e. The molecule has 3 N–H and O–H groups in total. The first-order chi connectivity index (χ1) is 7.73. The van der Waals surface area contributed by atoms with Crippen LogP contribution in [0.2, 0.25) is 10.0 Å². The van der Waals surface area contributed by atoms with E-state index in [1.165, 1.54) is 0 Å². The Labute approximate surface area is 115 Å². The van der Waals surface area contributed by atoms with E-state index in [0.29, 0.717) is 15.7 Å². The van der Waals surface area contributed by atoms with Gasteiger partial charge in [0, 0.05) is 15.7 Å². The van der Waals surface area contributed by atoms with Crippen molar-refractivity contribution in [3.05, 3.63) is 28.2 Å². The summed E-state index contributed by atoms with van der Waals surface area (Å²) < 4.78 is 0. The molecule has 1 aromatic carbocycles. The summed E-state index contributed by atoms with van der Waals surface area (Å²) in [4.78, 5) is 12.1. The Hall–Kier alpha value is -0.840. The fraction of sp³-hybridized carbons (Fsp3) is 0.273. The third-order valence-corrected chi connectivity index (χ3v) is 3.25. The van der Waals surface area contributed by atoms with E-state index in [1.807, 2.05) is 0 Å². The number of nitrogens with one attached hydrogen (secondary N) is 1. The van der Waals surface area contributed by atoms with Crippen molar-refractivity contribution in [1.29, 1.82) is 0 Å². The monoisotopic (exact) mass is 290 g/mol. The van der Waals surface area contributed by atoms with Crippen LogP contribution in [-0.4, -0.2) is 10.9 Å². The number of hydrogen-bond donors (Lipinski definition) is 2. The summed E-state index contributed by atoms with van der Waals surface area (Å²) >= 11 is 16.5. The van der Waals surface area contributed by atoms with Crippen molar-refractivity contribution in [3.63, 3.8) is 0 Å². The Morgan fingerprint density at radius 2 is 1.76 bits per heavy atom. The van der Waals surface area contributed by atoms with E-state index in [9.17, 15) is 4.79 Å². The first kappa shape index (κ1) is 14.2. The molecule has 0 saturated carbocycles. The Bertz CT molecular complexity index is 454. The lowest BCUT2D eigenvalue weighted by molar-refractivity contribution is -0.121. The van der Waals surface area contributed by atoms with Crippen LogP contribution in [0.15, 0.2) is 18.2 Å². The van der Waals surface area contributed by atoms with Gasteiger partial charge in [0.2, 0.25) is 5.91 Å². The molecule has 3 nitrogen and oxygen atoms in total. The van der Waals surface area contributed by atoms with Crippen LogP contribution in [0.4, 0.5) is 5.69 Å². The SMILES string of the molecule is CC(C)(C(=O)Nc1cc(Cl)cc(Cl)c1)C(N)=S. The molecule has 6 heteroatoms. The molecule has 0 atom stereocenters. The topological polar surface area (TPSA) is 55.1 Å². The average molecular weight is 291 g/mol. The van der Waals surface area contributed by atoms with E-state index in [-0.39, 0.29) is 10.9 Å². The molecule has 92 valence electrons. The molecule has 0 bridgehead atoms. The Balaban J connectivity index is 2.92. The van der Waals surface area contributed by atoms with Gasteiger partial charge in [-0.25, -0.2) is 0 Å². The second-order valence-corrected chi connectivity index (χ2v) is 5.41. The van der Waals surface area contributed by atoms with E-state index < -0.39 is 5.41 Å². The number of carbonyl (C=O) groups is 1. The highest BCUT2D eigenvalue weighted by atomic mass is 35.5. The maximum absolute atomic E-state index is 11.9. The largest absolute Gasteiger partial charge is 0.392 e. The van der Waals surface area contributed by atoms with Gasteiger partial charge in [-0.15, -0.1) is 0 Å². The van der Waals surface area contributed by atoms with Crippen LogP contribution < -0.4 is 11.1 Å². The second kappa shape index (κ2) is 5.21. The highest BCUT2D eigenvalue weighted by molar-refractivity contribution is 7.80. The van der Waals surface area contributed by atoms with Crippen molar-refractivity contribution in [2.24, 2.45) is 11.1 Å². The van der Waals surface area contributed by atoms with Crippen LogP contribution >= 0.6 is 35.4 Å². The zero-order valence-corrected chi connectivity index (χ0v) is 11.7. The molecule has 0 aliphatic rings. The molecule has 0 aliphatic heterocycles. The summed E-state index contributed by atoms with van der Waals surface area (Å²) in [5.74, 6) is -0.302. The summed E-state index contributed by atoms with van der Waals surface area (Å²) in [7, 11) is 0. The number of thiocarbonyl (C=S) groups is 1. The normalized spacial score (nSPS) is 11.1. The lowest BCUT2D eigenvalue weighted by Crippen LogP contribution is -2.41. The molecule has 0 fully saturated rings. The highest BCUT2D eigenvalue weighted by Crippen LogP contribution is 2.24. The van der Waals surface area contributed by atoms with Crippen LogP contribution in [-0.2, 0) is 4.79 Å². The standard InChI is InChI=1S/C11H12Cl2N2OS/c1-11(2,9(14)17)10(16)15-8-4-6(12)3-7(13)5-8/h3-5H,1-2H3,(H2,14,17)(H,15,16). The highest BCUT2D eigenvalue weighted by Gasteiger charge is 2.30. The molecule has 0 spiro atoms. The maximum Gasteiger partial charge on any atom is 0.236 e. The maximum atomic E-state index is 11.9. The average Bonchev–Trinajstić information content (AvgIpc) is 2.15. The van der Waals surface area contributed by atoms with Crippen LogP contribution in [0.25, 0.3) is 0 Å². The molecule has 1 aromatic rings. The Morgan fingerprint density at radius 3 is 2.18 bits per heavy atom. The molecule has 0 heterocycles. The van der Waals surface area contributed by atoms with E-state index in [2.05, 4.69) is 5.32 Å². The van der Waals surface area contributed by atoms with Gasteiger partial charge in [-0.2, -0.15) is 0 Å². The molecular formula is C11H12Cl2N2OS. The first-order valence-electron chi connectivity index (χ1n) is 4.81. The fourth-order valence-electron chi connectivity index (χ4n) is 1.03.